The quantitative estimate of drug-likeness (QED) is 0.795. The van der Waals surface area contributed by atoms with Gasteiger partial charge in [-0.15, -0.1) is 0 Å². The summed E-state index contributed by atoms with van der Waals surface area (Å²) in [6.45, 7) is 1.02. The summed E-state index contributed by atoms with van der Waals surface area (Å²) in [6, 6.07) is 4.26. The van der Waals surface area contributed by atoms with Gasteiger partial charge in [-0.25, -0.2) is 4.39 Å². The zero-order valence-electron chi connectivity index (χ0n) is 10.5. The van der Waals surface area contributed by atoms with Gasteiger partial charge in [-0.05, 0) is 43.0 Å². The fourth-order valence-electron chi connectivity index (χ4n) is 2.01. The van der Waals surface area contributed by atoms with Crippen LogP contribution in [0.4, 0.5) is 4.39 Å². The highest BCUT2D eigenvalue weighted by Crippen LogP contribution is 2.19. The van der Waals surface area contributed by atoms with Crippen molar-refractivity contribution in [2.45, 2.75) is 31.8 Å². The number of hydrogen-bond donors (Lipinski definition) is 0. The summed E-state index contributed by atoms with van der Waals surface area (Å²) >= 11 is 3.29. The normalized spacial score (nSPS) is 19.2. The van der Waals surface area contributed by atoms with Crippen LogP contribution in [0.15, 0.2) is 22.7 Å². The van der Waals surface area contributed by atoms with Gasteiger partial charge in [0.1, 0.15) is 12.4 Å². The maximum Gasteiger partial charge on any atom is 0.310 e. The molecule has 0 saturated carbocycles. The molecule has 0 amide bonds. The number of rotatable bonds is 4. The summed E-state index contributed by atoms with van der Waals surface area (Å²) < 4.78 is 24.4. The van der Waals surface area contributed by atoms with E-state index < -0.39 is 0 Å². The molecule has 1 unspecified atom stereocenters. The molecular weight excluding hydrogens is 315 g/mol. The van der Waals surface area contributed by atoms with Crippen LogP contribution in [-0.4, -0.2) is 25.3 Å². The van der Waals surface area contributed by atoms with Gasteiger partial charge in [0.25, 0.3) is 0 Å². The second kappa shape index (κ2) is 7.01. The molecule has 1 aliphatic heterocycles. The number of ether oxygens (including phenoxy) is 2. The Bertz CT molecular complexity index is 444. The number of hydrogen-bond acceptors (Lipinski definition) is 3. The lowest BCUT2D eigenvalue weighted by Crippen LogP contribution is -2.26. The van der Waals surface area contributed by atoms with E-state index in [0.29, 0.717) is 10.0 Å². The van der Waals surface area contributed by atoms with Crippen LogP contribution >= 0.6 is 15.9 Å². The number of esters is 1. The maximum absolute atomic E-state index is 13.1. The molecule has 0 N–H and O–H groups in total. The molecule has 5 heteroatoms. The van der Waals surface area contributed by atoms with Crippen LogP contribution in [0, 0.1) is 5.82 Å². The average Bonchev–Trinajstić information content (AvgIpc) is 2.42. The number of carbonyl (C=O) groups is 1. The van der Waals surface area contributed by atoms with Gasteiger partial charge in [0, 0.05) is 11.1 Å². The van der Waals surface area contributed by atoms with E-state index in [2.05, 4.69) is 15.9 Å². The Hall–Kier alpha value is -0.940. The number of halogens is 2. The van der Waals surface area contributed by atoms with E-state index in [0.717, 1.165) is 25.9 Å². The van der Waals surface area contributed by atoms with Gasteiger partial charge >= 0.3 is 5.97 Å². The summed E-state index contributed by atoms with van der Waals surface area (Å²) in [5, 5.41) is 0. The molecule has 0 aromatic heterocycles. The van der Waals surface area contributed by atoms with Gasteiger partial charge in [0.2, 0.25) is 0 Å². The molecule has 0 aliphatic carbocycles. The minimum atomic E-state index is -0.361. The van der Waals surface area contributed by atoms with Gasteiger partial charge in [-0.3, -0.25) is 4.79 Å². The molecule has 0 radical (unpaired) electrons. The second-order valence-corrected chi connectivity index (χ2v) is 5.44. The zero-order chi connectivity index (χ0) is 13.7. The van der Waals surface area contributed by atoms with Crippen molar-refractivity contribution in [3.05, 3.63) is 34.1 Å². The first-order valence-corrected chi connectivity index (χ1v) is 7.15. The standard InChI is InChI=1S/C14H16BrFO3/c15-13-5-4-11(16)7-10(13)8-14(17)19-9-12-3-1-2-6-18-12/h4-5,7,12H,1-3,6,8-9H2. The van der Waals surface area contributed by atoms with Gasteiger partial charge in [0.15, 0.2) is 0 Å². The molecule has 3 nitrogen and oxygen atoms in total. The lowest BCUT2D eigenvalue weighted by molar-refractivity contribution is -0.148. The first-order valence-electron chi connectivity index (χ1n) is 6.36. The lowest BCUT2D eigenvalue weighted by Gasteiger charge is -2.22. The fraction of sp³-hybridized carbons (Fsp3) is 0.500. The lowest BCUT2D eigenvalue weighted by atomic mass is 10.1. The minimum absolute atomic E-state index is 0.00801. The summed E-state index contributed by atoms with van der Waals surface area (Å²) in [4.78, 5) is 11.7. The van der Waals surface area contributed by atoms with Gasteiger partial charge < -0.3 is 9.47 Å². The minimum Gasteiger partial charge on any atom is -0.463 e. The van der Waals surface area contributed by atoms with Crippen LogP contribution in [0.2, 0.25) is 0 Å². The topological polar surface area (TPSA) is 35.5 Å². The molecule has 0 spiro atoms. The van der Waals surface area contributed by atoms with E-state index in [4.69, 9.17) is 9.47 Å². The molecule has 19 heavy (non-hydrogen) atoms. The first kappa shape index (κ1) is 14.5. The van der Waals surface area contributed by atoms with Crippen LogP contribution in [0.25, 0.3) is 0 Å². The molecular formula is C14H16BrFO3. The van der Waals surface area contributed by atoms with Crippen molar-refractivity contribution < 1.29 is 18.7 Å². The maximum atomic E-state index is 13.1. The Labute approximate surface area is 120 Å². The first-order chi connectivity index (χ1) is 9.15. The van der Waals surface area contributed by atoms with Gasteiger partial charge in [0.05, 0.1) is 12.5 Å². The Morgan fingerprint density at radius 1 is 1.47 bits per heavy atom. The highest BCUT2D eigenvalue weighted by molar-refractivity contribution is 9.10. The predicted molar refractivity (Wildman–Crippen MR) is 72.4 cm³/mol. The zero-order valence-corrected chi connectivity index (χ0v) is 12.1. The molecule has 2 rings (SSSR count). The van der Waals surface area contributed by atoms with E-state index in [1.165, 1.54) is 12.1 Å². The third-order valence-electron chi connectivity index (χ3n) is 3.05. The Morgan fingerprint density at radius 2 is 2.32 bits per heavy atom. The summed E-state index contributed by atoms with van der Waals surface area (Å²) in [5.41, 5.74) is 0.592. The van der Waals surface area contributed by atoms with Crippen LogP contribution in [-0.2, 0) is 20.7 Å². The molecule has 1 aromatic rings. The van der Waals surface area contributed by atoms with E-state index in [1.54, 1.807) is 6.07 Å². The van der Waals surface area contributed by atoms with Crippen LogP contribution in [0.1, 0.15) is 24.8 Å². The van der Waals surface area contributed by atoms with Crippen molar-refractivity contribution in [2.75, 3.05) is 13.2 Å². The monoisotopic (exact) mass is 330 g/mol. The Morgan fingerprint density at radius 3 is 3.05 bits per heavy atom. The molecule has 1 saturated heterocycles. The van der Waals surface area contributed by atoms with Crippen LogP contribution in [0.3, 0.4) is 0 Å². The smallest absolute Gasteiger partial charge is 0.310 e. The van der Waals surface area contributed by atoms with Crippen molar-refractivity contribution in [1.29, 1.82) is 0 Å². The average molecular weight is 331 g/mol. The predicted octanol–water partition coefficient (Wildman–Crippen LogP) is 3.24. The Kier molecular flexibility index (Phi) is 5.34. The highest BCUT2D eigenvalue weighted by atomic mass is 79.9. The third-order valence-corrected chi connectivity index (χ3v) is 3.82. The largest absolute Gasteiger partial charge is 0.463 e. The molecule has 1 aliphatic rings. The van der Waals surface area contributed by atoms with E-state index in [9.17, 15) is 9.18 Å². The summed E-state index contributed by atoms with van der Waals surface area (Å²) in [7, 11) is 0. The highest BCUT2D eigenvalue weighted by Gasteiger charge is 2.16. The van der Waals surface area contributed by atoms with Crippen LogP contribution in [0.5, 0.6) is 0 Å². The van der Waals surface area contributed by atoms with Gasteiger partial charge in [-0.2, -0.15) is 0 Å². The molecule has 1 aromatic carbocycles. The van der Waals surface area contributed by atoms with Crippen molar-refractivity contribution in [1.82, 2.24) is 0 Å². The summed E-state index contributed by atoms with van der Waals surface area (Å²) in [5.74, 6) is -0.720. The van der Waals surface area contributed by atoms with E-state index in [1.807, 2.05) is 0 Å². The fourth-order valence-corrected chi connectivity index (χ4v) is 2.40. The summed E-state index contributed by atoms with van der Waals surface area (Å²) in [6.07, 6.45) is 3.18. The van der Waals surface area contributed by atoms with Crippen molar-refractivity contribution in [2.24, 2.45) is 0 Å². The van der Waals surface area contributed by atoms with E-state index in [-0.39, 0.29) is 30.9 Å². The molecule has 1 atom stereocenters. The SMILES string of the molecule is O=C(Cc1cc(F)ccc1Br)OCC1CCCCO1. The van der Waals surface area contributed by atoms with Crippen molar-refractivity contribution >= 4 is 21.9 Å². The van der Waals surface area contributed by atoms with E-state index >= 15 is 0 Å². The van der Waals surface area contributed by atoms with Gasteiger partial charge in [-0.1, -0.05) is 15.9 Å². The number of benzene rings is 1. The third kappa shape index (κ3) is 4.58. The second-order valence-electron chi connectivity index (χ2n) is 4.58. The molecule has 1 fully saturated rings. The van der Waals surface area contributed by atoms with Crippen LogP contribution < -0.4 is 0 Å². The Balaban J connectivity index is 1.81. The van der Waals surface area contributed by atoms with Crippen molar-refractivity contribution in [3.8, 4) is 0 Å². The molecule has 1 heterocycles. The molecule has 0 bridgehead atoms. The molecule has 104 valence electrons. The van der Waals surface area contributed by atoms with Crippen molar-refractivity contribution in [3.63, 3.8) is 0 Å². The number of carbonyl (C=O) groups excluding carboxylic acids is 1.